The highest BCUT2D eigenvalue weighted by molar-refractivity contribution is 8.74. The predicted molar refractivity (Wildman–Crippen MR) is 146 cm³/mol. The number of hydrogen-bond donors (Lipinski definition) is 0. The maximum absolute atomic E-state index is 12.1. The SMILES string of the molecule is C=C(C)C(=O)OCCN(CCOC(=O)C(=C)C)SSN(CCOC(=O)C(=C)C)CCOC(=O)C(C)(C)C. The van der Waals surface area contributed by atoms with E-state index >= 15 is 0 Å². The van der Waals surface area contributed by atoms with Crippen molar-refractivity contribution in [2.75, 3.05) is 52.6 Å². The highest BCUT2D eigenvalue weighted by atomic mass is 33.1. The highest BCUT2D eigenvalue weighted by Crippen LogP contribution is 2.29. The third-order valence-electron chi connectivity index (χ3n) is 4.20. The van der Waals surface area contributed by atoms with Gasteiger partial charge in [0.15, 0.2) is 0 Å². The summed E-state index contributed by atoms with van der Waals surface area (Å²) in [7, 11) is 2.66. The molecule has 0 aromatic heterocycles. The lowest BCUT2D eigenvalue weighted by atomic mass is 9.97. The molecule has 0 aliphatic heterocycles. The van der Waals surface area contributed by atoms with Gasteiger partial charge in [0.05, 0.1) is 5.41 Å². The number of carbonyl (C=O) groups excluding carboxylic acids is 4. The minimum absolute atomic E-state index is 0.104. The van der Waals surface area contributed by atoms with Crippen molar-refractivity contribution in [2.24, 2.45) is 5.41 Å². The molecule has 210 valence electrons. The lowest BCUT2D eigenvalue weighted by molar-refractivity contribution is -0.153. The summed E-state index contributed by atoms with van der Waals surface area (Å²) in [5.74, 6) is -1.79. The predicted octanol–water partition coefficient (Wildman–Crippen LogP) is 3.75. The van der Waals surface area contributed by atoms with Crippen molar-refractivity contribution < 1.29 is 38.1 Å². The van der Waals surface area contributed by atoms with Gasteiger partial charge in [0.25, 0.3) is 0 Å². The second-order valence-electron chi connectivity index (χ2n) is 9.14. The first kappa shape index (κ1) is 34.7. The van der Waals surface area contributed by atoms with Crippen molar-refractivity contribution in [1.29, 1.82) is 0 Å². The van der Waals surface area contributed by atoms with Crippen LogP contribution in [0.25, 0.3) is 0 Å². The van der Waals surface area contributed by atoms with Crippen molar-refractivity contribution in [2.45, 2.75) is 41.5 Å². The van der Waals surface area contributed by atoms with Gasteiger partial charge in [0, 0.05) is 64.9 Å². The van der Waals surface area contributed by atoms with Crippen LogP contribution in [0, 0.1) is 5.41 Å². The third-order valence-corrected chi connectivity index (χ3v) is 6.88. The molecule has 0 amide bonds. The Balaban J connectivity index is 5.11. The standard InChI is InChI=1S/C25H40N2O8S2/c1-18(2)21(28)32-14-10-26(11-15-33-22(29)19(3)4)36-37-27(12-16-34-23(30)20(5)6)13-17-35-24(31)25(7,8)9/h1,3,5,10-17H2,2,4,6-9H3. The number of nitrogens with zero attached hydrogens (tertiary/aromatic N) is 2. The first-order chi connectivity index (χ1) is 17.1. The van der Waals surface area contributed by atoms with Crippen LogP contribution in [0.3, 0.4) is 0 Å². The normalized spacial score (nSPS) is 11.1. The van der Waals surface area contributed by atoms with Crippen molar-refractivity contribution in [1.82, 2.24) is 8.61 Å². The molecule has 0 saturated carbocycles. The summed E-state index contributed by atoms with van der Waals surface area (Å²) in [5, 5.41) is 0. The summed E-state index contributed by atoms with van der Waals surface area (Å²) in [6, 6.07) is 0. The highest BCUT2D eigenvalue weighted by Gasteiger charge is 2.23. The first-order valence-electron chi connectivity index (χ1n) is 11.6. The Hall–Kier alpha value is -2.28. The van der Waals surface area contributed by atoms with Gasteiger partial charge in [-0.05, 0) is 41.5 Å². The molecule has 0 aromatic rings. The molecule has 10 nitrogen and oxygen atoms in total. The van der Waals surface area contributed by atoms with Gasteiger partial charge in [-0.1, -0.05) is 19.7 Å². The van der Waals surface area contributed by atoms with Crippen molar-refractivity contribution in [3.63, 3.8) is 0 Å². The molecule has 0 fully saturated rings. The second kappa shape index (κ2) is 18.1. The number of ether oxygens (including phenoxy) is 4. The molecule has 0 aliphatic carbocycles. The summed E-state index contributed by atoms with van der Waals surface area (Å²) >= 11 is 0. The number of rotatable bonds is 18. The van der Waals surface area contributed by atoms with Gasteiger partial charge in [-0.2, -0.15) is 0 Å². The molecule has 0 bridgehead atoms. The van der Waals surface area contributed by atoms with E-state index in [1.54, 1.807) is 41.5 Å². The molecule has 0 saturated heterocycles. The maximum atomic E-state index is 12.1. The molecule has 12 heteroatoms. The van der Waals surface area contributed by atoms with E-state index in [2.05, 4.69) is 19.7 Å². The van der Waals surface area contributed by atoms with Crippen LogP contribution in [0.1, 0.15) is 41.5 Å². The van der Waals surface area contributed by atoms with Crippen LogP contribution in [0.2, 0.25) is 0 Å². The Morgan fingerprint density at radius 1 is 0.595 bits per heavy atom. The van der Waals surface area contributed by atoms with Crippen LogP contribution in [0.4, 0.5) is 0 Å². The zero-order chi connectivity index (χ0) is 28.6. The molecule has 0 unspecified atom stereocenters. The van der Waals surface area contributed by atoms with E-state index in [1.807, 2.05) is 8.61 Å². The Morgan fingerprint density at radius 2 is 0.865 bits per heavy atom. The van der Waals surface area contributed by atoms with Crippen LogP contribution < -0.4 is 0 Å². The molecule has 0 aliphatic rings. The van der Waals surface area contributed by atoms with Gasteiger partial charge in [-0.25, -0.2) is 23.0 Å². The quantitative estimate of drug-likeness (QED) is 0.0800. The number of carbonyl (C=O) groups is 4. The summed E-state index contributed by atoms with van der Waals surface area (Å²) in [4.78, 5) is 47.2. The van der Waals surface area contributed by atoms with E-state index in [9.17, 15) is 19.2 Å². The molecular weight excluding hydrogens is 520 g/mol. The van der Waals surface area contributed by atoms with E-state index in [1.165, 1.54) is 22.0 Å². The Labute approximate surface area is 228 Å². The van der Waals surface area contributed by atoms with Gasteiger partial charge >= 0.3 is 23.9 Å². The molecule has 0 atom stereocenters. The van der Waals surface area contributed by atoms with Gasteiger partial charge in [-0.15, -0.1) is 0 Å². The third kappa shape index (κ3) is 17.0. The summed E-state index contributed by atoms with van der Waals surface area (Å²) in [6.07, 6.45) is 0. The fourth-order valence-corrected chi connectivity index (χ4v) is 4.26. The Kier molecular flexibility index (Phi) is 16.9. The minimum atomic E-state index is -0.622. The van der Waals surface area contributed by atoms with Crippen LogP contribution >= 0.6 is 22.0 Å². The lowest BCUT2D eigenvalue weighted by Gasteiger charge is -2.25. The molecule has 0 heterocycles. The van der Waals surface area contributed by atoms with Gasteiger partial charge < -0.3 is 18.9 Å². The van der Waals surface area contributed by atoms with Crippen molar-refractivity contribution >= 4 is 45.8 Å². The zero-order valence-electron chi connectivity index (χ0n) is 22.8. The Bertz CT molecular complexity index is 807. The van der Waals surface area contributed by atoms with Crippen LogP contribution in [-0.4, -0.2) is 85.1 Å². The zero-order valence-corrected chi connectivity index (χ0v) is 24.4. The van der Waals surface area contributed by atoms with E-state index in [-0.39, 0.29) is 32.4 Å². The van der Waals surface area contributed by atoms with E-state index in [4.69, 9.17) is 18.9 Å². The Morgan fingerprint density at radius 3 is 1.11 bits per heavy atom. The van der Waals surface area contributed by atoms with E-state index in [0.29, 0.717) is 42.9 Å². The summed E-state index contributed by atoms with van der Waals surface area (Å²) in [6.45, 7) is 22.6. The summed E-state index contributed by atoms with van der Waals surface area (Å²) in [5.41, 5.74) is 0.268. The first-order valence-corrected chi connectivity index (χ1v) is 13.7. The number of esters is 4. The smallest absolute Gasteiger partial charge is 0.333 e. The van der Waals surface area contributed by atoms with Crippen LogP contribution in [-0.2, 0) is 38.1 Å². The van der Waals surface area contributed by atoms with E-state index in [0.717, 1.165) is 0 Å². The minimum Gasteiger partial charge on any atom is -0.464 e. The van der Waals surface area contributed by atoms with Gasteiger partial charge in [-0.3, -0.25) is 4.79 Å². The van der Waals surface area contributed by atoms with Gasteiger partial charge in [0.1, 0.15) is 26.4 Å². The largest absolute Gasteiger partial charge is 0.464 e. The fourth-order valence-electron chi connectivity index (χ4n) is 2.01. The van der Waals surface area contributed by atoms with Crippen molar-refractivity contribution in [3.8, 4) is 0 Å². The van der Waals surface area contributed by atoms with Crippen LogP contribution in [0.15, 0.2) is 36.5 Å². The number of hydrogen-bond acceptors (Lipinski definition) is 12. The second-order valence-corrected chi connectivity index (χ2v) is 11.4. The topological polar surface area (TPSA) is 112 Å². The maximum Gasteiger partial charge on any atom is 0.333 e. The van der Waals surface area contributed by atoms with E-state index < -0.39 is 23.3 Å². The van der Waals surface area contributed by atoms with Crippen LogP contribution in [0.5, 0.6) is 0 Å². The molecule has 0 N–H and O–H groups in total. The molecule has 0 aromatic carbocycles. The van der Waals surface area contributed by atoms with Gasteiger partial charge in [0.2, 0.25) is 0 Å². The molecule has 0 radical (unpaired) electrons. The molecule has 0 rings (SSSR count). The molecule has 37 heavy (non-hydrogen) atoms. The fraction of sp³-hybridized carbons (Fsp3) is 0.600. The van der Waals surface area contributed by atoms with Crippen molar-refractivity contribution in [3.05, 3.63) is 36.5 Å². The lowest BCUT2D eigenvalue weighted by Crippen LogP contribution is -2.31. The molecular formula is C25H40N2O8S2. The summed E-state index contributed by atoms with van der Waals surface area (Å²) < 4.78 is 24.7. The average Bonchev–Trinajstić information content (AvgIpc) is 2.80. The average molecular weight is 561 g/mol. The monoisotopic (exact) mass is 560 g/mol. The molecule has 0 spiro atoms.